The fraction of sp³-hybridized carbons (Fsp3) is 0.550. The molecule has 1 aromatic rings. The topological polar surface area (TPSA) is 32.3 Å². The van der Waals surface area contributed by atoms with Crippen molar-refractivity contribution in [1.82, 2.24) is 10.2 Å². The molecule has 126 valence electrons. The Morgan fingerprint density at radius 3 is 2.70 bits per heavy atom. The van der Waals surface area contributed by atoms with Gasteiger partial charge in [-0.2, -0.15) is 0 Å². The van der Waals surface area contributed by atoms with E-state index in [2.05, 4.69) is 50.0 Å². The van der Waals surface area contributed by atoms with Crippen molar-refractivity contribution in [2.75, 3.05) is 19.6 Å². The van der Waals surface area contributed by atoms with Crippen molar-refractivity contribution in [2.45, 2.75) is 46.1 Å². The molecule has 3 nitrogen and oxygen atoms in total. The van der Waals surface area contributed by atoms with Crippen LogP contribution in [0.2, 0.25) is 0 Å². The summed E-state index contributed by atoms with van der Waals surface area (Å²) >= 11 is 0. The number of piperidine rings is 1. The minimum Gasteiger partial charge on any atom is -0.351 e. The predicted octanol–water partition coefficient (Wildman–Crippen LogP) is 3.63. The number of hydrogen-bond acceptors (Lipinski definition) is 2. The molecule has 0 spiro atoms. The van der Waals surface area contributed by atoms with Gasteiger partial charge < -0.3 is 5.32 Å². The number of aryl methyl sites for hydroxylation is 1. The van der Waals surface area contributed by atoms with E-state index in [9.17, 15) is 4.79 Å². The number of benzene rings is 1. The van der Waals surface area contributed by atoms with Crippen LogP contribution >= 0.6 is 0 Å². The summed E-state index contributed by atoms with van der Waals surface area (Å²) in [5, 5.41) is 3.05. The average Bonchev–Trinajstić information content (AvgIpc) is 2.52. The Morgan fingerprint density at radius 1 is 1.35 bits per heavy atom. The largest absolute Gasteiger partial charge is 0.351 e. The molecule has 0 bridgehead atoms. The second kappa shape index (κ2) is 7.78. The van der Waals surface area contributed by atoms with Crippen molar-refractivity contribution < 1.29 is 4.79 Å². The summed E-state index contributed by atoms with van der Waals surface area (Å²) in [6.07, 6.45) is 6.06. The maximum Gasteiger partial charge on any atom is 0.244 e. The molecule has 1 heterocycles. The standard InChI is InChI=1S/C20H30N2O/c1-16-7-9-18(10-8-16)11-12-19(23)21-15-20(3,4)22-13-5-6-17(2)14-22/h7-12,17H,5-6,13-15H2,1-4H3,(H,21,23)/b12-11+/t17-/m0/s1. The van der Waals surface area contributed by atoms with Crippen LogP contribution in [0.4, 0.5) is 0 Å². The van der Waals surface area contributed by atoms with Gasteiger partial charge in [0, 0.05) is 24.7 Å². The molecular formula is C20H30N2O. The molecule has 1 aliphatic rings. The minimum atomic E-state index is -0.0243. The molecular weight excluding hydrogens is 284 g/mol. The second-order valence-electron chi connectivity index (χ2n) is 7.47. The third kappa shape index (κ3) is 5.51. The van der Waals surface area contributed by atoms with E-state index in [0.717, 1.165) is 24.6 Å². The van der Waals surface area contributed by atoms with Crippen LogP contribution < -0.4 is 5.32 Å². The Bertz CT molecular complexity index is 545. The Kier molecular flexibility index (Phi) is 6.00. The number of nitrogens with one attached hydrogen (secondary N) is 1. The van der Waals surface area contributed by atoms with Gasteiger partial charge in [-0.3, -0.25) is 9.69 Å². The highest BCUT2D eigenvalue weighted by molar-refractivity contribution is 5.91. The van der Waals surface area contributed by atoms with E-state index in [1.807, 2.05) is 18.2 Å². The van der Waals surface area contributed by atoms with Crippen molar-refractivity contribution in [3.05, 3.63) is 41.5 Å². The molecule has 1 N–H and O–H groups in total. The van der Waals surface area contributed by atoms with Crippen molar-refractivity contribution in [2.24, 2.45) is 5.92 Å². The van der Waals surface area contributed by atoms with Gasteiger partial charge in [0.2, 0.25) is 5.91 Å². The molecule has 0 saturated carbocycles. The zero-order valence-corrected chi connectivity index (χ0v) is 14.9. The summed E-state index contributed by atoms with van der Waals surface area (Å²) < 4.78 is 0. The smallest absolute Gasteiger partial charge is 0.244 e. The van der Waals surface area contributed by atoms with Crippen molar-refractivity contribution in [3.63, 3.8) is 0 Å². The number of nitrogens with zero attached hydrogens (tertiary/aromatic N) is 1. The van der Waals surface area contributed by atoms with E-state index in [4.69, 9.17) is 0 Å². The molecule has 1 atom stereocenters. The molecule has 0 unspecified atom stereocenters. The van der Waals surface area contributed by atoms with Gasteiger partial charge in [-0.1, -0.05) is 36.8 Å². The van der Waals surface area contributed by atoms with Gasteiger partial charge in [0.25, 0.3) is 0 Å². The molecule has 1 amide bonds. The number of rotatable bonds is 5. The Hall–Kier alpha value is -1.61. The van der Waals surface area contributed by atoms with Crippen molar-refractivity contribution in [1.29, 1.82) is 0 Å². The first kappa shape index (κ1) is 17.7. The molecule has 23 heavy (non-hydrogen) atoms. The molecule has 2 rings (SSSR count). The molecule has 0 radical (unpaired) electrons. The van der Waals surface area contributed by atoms with Crippen LogP contribution in [-0.2, 0) is 4.79 Å². The van der Waals surface area contributed by atoms with Gasteiger partial charge in [-0.15, -0.1) is 0 Å². The SMILES string of the molecule is Cc1ccc(/C=C/C(=O)NCC(C)(C)N2CCC[C@H](C)C2)cc1. The highest BCUT2D eigenvalue weighted by Gasteiger charge is 2.30. The lowest BCUT2D eigenvalue weighted by molar-refractivity contribution is -0.117. The third-order valence-electron chi connectivity index (χ3n) is 4.71. The predicted molar refractivity (Wildman–Crippen MR) is 97.3 cm³/mol. The third-order valence-corrected chi connectivity index (χ3v) is 4.71. The van der Waals surface area contributed by atoms with E-state index in [0.29, 0.717) is 6.54 Å². The lowest BCUT2D eigenvalue weighted by Crippen LogP contribution is -2.54. The second-order valence-corrected chi connectivity index (χ2v) is 7.47. The molecule has 0 aromatic heterocycles. The highest BCUT2D eigenvalue weighted by atomic mass is 16.1. The summed E-state index contributed by atoms with van der Waals surface area (Å²) in [5.74, 6) is 0.726. The van der Waals surface area contributed by atoms with Crippen LogP contribution in [0, 0.1) is 12.8 Å². The summed E-state index contributed by atoms with van der Waals surface area (Å²) in [4.78, 5) is 14.6. The minimum absolute atomic E-state index is 0.00202. The van der Waals surface area contributed by atoms with Crippen LogP contribution in [0.3, 0.4) is 0 Å². The lowest BCUT2D eigenvalue weighted by Gasteiger charge is -2.43. The zero-order chi connectivity index (χ0) is 16.9. The van der Waals surface area contributed by atoms with E-state index in [1.165, 1.54) is 18.4 Å². The zero-order valence-electron chi connectivity index (χ0n) is 14.9. The quantitative estimate of drug-likeness (QED) is 0.842. The Morgan fingerprint density at radius 2 is 2.04 bits per heavy atom. The molecule has 1 saturated heterocycles. The molecule has 1 fully saturated rings. The van der Waals surface area contributed by atoms with Gasteiger partial charge in [-0.05, 0) is 57.7 Å². The van der Waals surface area contributed by atoms with Crippen LogP contribution in [0.1, 0.15) is 44.7 Å². The maximum absolute atomic E-state index is 12.1. The van der Waals surface area contributed by atoms with E-state index in [-0.39, 0.29) is 11.4 Å². The van der Waals surface area contributed by atoms with Crippen LogP contribution in [0.25, 0.3) is 6.08 Å². The summed E-state index contributed by atoms with van der Waals surface area (Å²) in [6, 6.07) is 8.16. The first-order valence-electron chi connectivity index (χ1n) is 8.64. The highest BCUT2D eigenvalue weighted by Crippen LogP contribution is 2.23. The van der Waals surface area contributed by atoms with Gasteiger partial charge in [0.1, 0.15) is 0 Å². The molecule has 3 heteroatoms. The fourth-order valence-corrected chi connectivity index (χ4v) is 3.06. The van der Waals surface area contributed by atoms with Gasteiger partial charge in [0.05, 0.1) is 0 Å². The first-order valence-corrected chi connectivity index (χ1v) is 8.64. The summed E-state index contributed by atoms with van der Waals surface area (Å²) in [6.45, 7) is 11.7. The van der Waals surface area contributed by atoms with E-state index in [1.54, 1.807) is 6.08 Å². The van der Waals surface area contributed by atoms with Crippen LogP contribution in [-0.4, -0.2) is 36.0 Å². The molecule has 1 aromatic carbocycles. The summed E-state index contributed by atoms with van der Waals surface area (Å²) in [5.41, 5.74) is 2.28. The average molecular weight is 314 g/mol. The number of likely N-dealkylation sites (tertiary alicyclic amines) is 1. The van der Waals surface area contributed by atoms with Crippen molar-refractivity contribution >= 4 is 12.0 Å². The number of carbonyl (C=O) groups excluding carboxylic acids is 1. The van der Waals surface area contributed by atoms with E-state index < -0.39 is 0 Å². The van der Waals surface area contributed by atoms with Gasteiger partial charge in [-0.25, -0.2) is 0 Å². The molecule has 0 aliphatic carbocycles. The monoisotopic (exact) mass is 314 g/mol. The Labute approximate surface area is 140 Å². The fourth-order valence-electron chi connectivity index (χ4n) is 3.06. The van der Waals surface area contributed by atoms with Crippen molar-refractivity contribution in [3.8, 4) is 0 Å². The lowest BCUT2D eigenvalue weighted by atomic mass is 9.93. The van der Waals surface area contributed by atoms with Gasteiger partial charge in [0.15, 0.2) is 0 Å². The first-order chi connectivity index (χ1) is 10.9. The normalized spacial score (nSPS) is 19.9. The molecule has 1 aliphatic heterocycles. The number of amides is 1. The summed E-state index contributed by atoms with van der Waals surface area (Å²) in [7, 11) is 0. The van der Waals surface area contributed by atoms with E-state index >= 15 is 0 Å². The number of hydrogen-bond donors (Lipinski definition) is 1. The van der Waals surface area contributed by atoms with Crippen LogP contribution in [0.15, 0.2) is 30.3 Å². The van der Waals surface area contributed by atoms with Gasteiger partial charge >= 0.3 is 0 Å². The maximum atomic E-state index is 12.1. The number of carbonyl (C=O) groups is 1. The van der Waals surface area contributed by atoms with Crippen LogP contribution in [0.5, 0.6) is 0 Å². The Balaban J connectivity index is 1.84.